The van der Waals surface area contributed by atoms with Crippen molar-refractivity contribution in [1.82, 2.24) is 0 Å². The zero-order valence-electron chi connectivity index (χ0n) is 7.53. The molecule has 1 rings (SSSR count). The molecule has 1 N–H and O–H groups in total. The summed E-state index contributed by atoms with van der Waals surface area (Å²) in [5.41, 5.74) is 0. The minimum atomic E-state index is 0.129. The zero-order valence-corrected chi connectivity index (χ0v) is 8.29. The first-order chi connectivity index (χ1) is 6.24. The number of aliphatic hydroxyl groups excluding tert-OH is 1. The molecule has 1 aromatic carbocycles. The van der Waals surface area contributed by atoms with Gasteiger partial charge < -0.3 is 9.84 Å². The molecule has 0 fully saturated rings. The summed E-state index contributed by atoms with van der Waals surface area (Å²) in [7, 11) is 0. The van der Waals surface area contributed by atoms with Crippen LogP contribution < -0.4 is 4.74 Å². The van der Waals surface area contributed by atoms with E-state index in [2.05, 4.69) is 0 Å². The van der Waals surface area contributed by atoms with Gasteiger partial charge in [-0.15, -0.1) is 0 Å². The highest BCUT2D eigenvalue weighted by Crippen LogP contribution is 2.23. The summed E-state index contributed by atoms with van der Waals surface area (Å²) in [6.07, 6.45) is 0. The SMILES string of the molecule is CC(CO)COc1ccccc1Cl. The first-order valence-electron chi connectivity index (χ1n) is 4.22. The number of aliphatic hydroxyl groups is 1. The number of ether oxygens (including phenoxy) is 1. The van der Waals surface area contributed by atoms with Gasteiger partial charge in [-0.2, -0.15) is 0 Å². The fraction of sp³-hybridized carbons (Fsp3) is 0.400. The van der Waals surface area contributed by atoms with Crippen molar-refractivity contribution in [2.75, 3.05) is 13.2 Å². The number of para-hydroxylation sites is 1. The van der Waals surface area contributed by atoms with E-state index in [9.17, 15) is 0 Å². The molecule has 0 aliphatic carbocycles. The Morgan fingerprint density at radius 1 is 1.46 bits per heavy atom. The molecule has 1 aromatic rings. The maximum atomic E-state index is 8.77. The Hall–Kier alpha value is -0.730. The standard InChI is InChI=1S/C10H13ClO2/c1-8(6-12)7-13-10-5-3-2-4-9(10)11/h2-5,8,12H,6-7H2,1H3. The van der Waals surface area contributed by atoms with Gasteiger partial charge in [-0.05, 0) is 12.1 Å². The van der Waals surface area contributed by atoms with Crippen LogP contribution in [0.4, 0.5) is 0 Å². The molecule has 13 heavy (non-hydrogen) atoms. The molecule has 72 valence electrons. The quantitative estimate of drug-likeness (QED) is 0.809. The average Bonchev–Trinajstić information content (AvgIpc) is 2.16. The minimum absolute atomic E-state index is 0.129. The van der Waals surface area contributed by atoms with Gasteiger partial charge in [-0.1, -0.05) is 30.7 Å². The van der Waals surface area contributed by atoms with Gasteiger partial charge in [0.2, 0.25) is 0 Å². The fourth-order valence-corrected chi connectivity index (χ4v) is 1.04. The number of rotatable bonds is 4. The van der Waals surface area contributed by atoms with Gasteiger partial charge in [0.05, 0.1) is 11.6 Å². The highest BCUT2D eigenvalue weighted by atomic mass is 35.5. The third-order valence-corrected chi connectivity index (χ3v) is 1.98. The lowest BCUT2D eigenvalue weighted by atomic mass is 10.2. The van der Waals surface area contributed by atoms with Crippen LogP contribution in [0, 0.1) is 5.92 Å². The van der Waals surface area contributed by atoms with Crippen LogP contribution >= 0.6 is 11.6 Å². The van der Waals surface area contributed by atoms with Crippen LogP contribution in [-0.2, 0) is 0 Å². The lowest BCUT2D eigenvalue weighted by Crippen LogP contribution is -2.12. The molecule has 3 heteroatoms. The molecule has 0 heterocycles. The van der Waals surface area contributed by atoms with Gasteiger partial charge in [0, 0.05) is 12.5 Å². The predicted molar refractivity (Wildman–Crippen MR) is 53.2 cm³/mol. The van der Waals surface area contributed by atoms with Gasteiger partial charge in [0.1, 0.15) is 5.75 Å². The first-order valence-corrected chi connectivity index (χ1v) is 4.60. The third-order valence-electron chi connectivity index (χ3n) is 1.67. The lowest BCUT2D eigenvalue weighted by Gasteiger charge is -2.11. The highest BCUT2D eigenvalue weighted by molar-refractivity contribution is 6.32. The van der Waals surface area contributed by atoms with Gasteiger partial charge in [-0.3, -0.25) is 0 Å². The van der Waals surface area contributed by atoms with Gasteiger partial charge in [0.15, 0.2) is 0 Å². The van der Waals surface area contributed by atoms with Crippen molar-refractivity contribution >= 4 is 11.6 Å². The Bertz CT molecular complexity index is 263. The normalized spacial score (nSPS) is 12.5. The number of halogens is 1. The Kier molecular flexibility index (Phi) is 4.06. The number of hydrogen-bond donors (Lipinski definition) is 1. The summed E-state index contributed by atoms with van der Waals surface area (Å²) in [5.74, 6) is 0.806. The molecule has 0 saturated heterocycles. The van der Waals surface area contributed by atoms with Crippen LogP contribution in [0.5, 0.6) is 5.75 Å². The zero-order chi connectivity index (χ0) is 9.68. The second-order valence-corrected chi connectivity index (χ2v) is 3.44. The maximum Gasteiger partial charge on any atom is 0.137 e. The van der Waals surface area contributed by atoms with Crippen molar-refractivity contribution in [1.29, 1.82) is 0 Å². The monoisotopic (exact) mass is 200 g/mol. The highest BCUT2D eigenvalue weighted by Gasteiger charge is 2.03. The summed E-state index contributed by atoms with van der Waals surface area (Å²) in [5, 5.41) is 9.37. The first kappa shape index (κ1) is 10.4. The van der Waals surface area contributed by atoms with E-state index in [4.69, 9.17) is 21.4 Å². The Morgan fingerprint density at radius 3 is 2.77 bits per heavy atom. The summed E-state index contributed by atoms with van der Waals surface area (Å²) >= 11 is 5.86. The molecular formula is C10H13ClO2. The number of benzene rings is 1. The van der Waals surface area contributed by atoms with Crippen LogP contribution in [0.25, 0.3) is 0 Å². The molecule has 0 aliphatic rings. The van der Waals surface area contributed by atoms with Crippen LogP contribution in [0.3, 0.4) is 0 Å². The van der Waals surface area contributed by atoms with Crippen molar-refractivity contribution in [2.24, 2.45) is 5.92 Å². The molecule has 0 saturated carbocycles. The Morgan fingerprint density at radius 2 is 2.15 bits per heavy atom. The van der Waals surface area contributed by atoms with Gasteiger partial charge >= 0.3 is 0 Å². The molecule has 0 bridgehead atoms. The van der Waals surface area contributed by atoms with Gasteiger partial charge in [0.25, 0.3) is 0 Å². The molecule has 0 spiro atoms. The molecule has 2 nitrogen and oxygen atoms in total. The van der Waals surface area contributed by atoms with Crippen molar-refractivity contribution in [2.45, 2.75) is 6.92 Å². The van der Waals surface area contributed by atoms with E-state index in [1.54, 1.807) is 6.07 Å². The van der Waals surface area contributed by atoms with Crippen LogP contribution in [0.2, 0.25) is 5.02 Å². The molecule has 0 aromatic heterocycles. The molecule has 1 atom stereocenters. The van der Waals surface area contributed by atoms with Crippen molar-refractivity contribution in [3.8, 4) is 5.75 Å². The van der Waals surface area contributed by atoms with E-state index in [0.717, 1.165) is 0 Å². The Balaban J connectivity index is 2.50. The van der Waals surface area contributed by atoms with Crippen LogP contribution in [-0.4, -0.2) is 18.3 Å². The van der Waals surface area contributed by atoms with E-state index < -0.39 is 0 Å². The molecule has 0 radical (unpaired) electrons. The third kappa shape index (κ3) is 3.25. The molecule has 0 aliphatic heterocycles. The van der Waals surface area contributed by atoms with E-state index in [0.29, 0.717) is 17.4 Å². The van der Waals surface area contributed by atoms with Crippen LogP contribution in [0.1, 0.15) is 6.92 Å². The maximum absolute atomic E-state index is 8.77. The smallest absolute Gasteiger partial charge is 0.137 e. The summed E-state index contributed by atoms with van der Waals surface area (Å²) in [6.45, 7) is 2.53. The average molecular weight is 201 g/mol. The number of hydrogen-bond acceptors (Lipinski definition) is 2. The van der Waals surface area contributed by atoms with E-state index in [1.807, 2.05) is 25.1 Å². The second kappa shape index (κ2) is 5.10. The van der Waals surface area contributed by atoms with E-state index >= 15 is 0 Å². The molecular weight excluding hydrogens is 188 g/mol. The van der Waals surface area contributed by atoms with Gasteiger partial charge in [-0.25, -0.2) is 0 Å². The lowest BCUT2D eigenvalue weighted by molar-refractivity contribution is 0.174. The topological polar surface area (TPSA) is 29.5 Å². The minimum Gasteiger partial charge on any atom is -0.492 e. The van der Waals surface area contributed by atoms with Crippen molar-refractivity contribution < 1.29 is 9.84 Å². The second-order valence-electron chi connectivity index (χ2n) is 3.03. The largest absolute Gasteiger partial charge is 0.492 e. The fourth-order valence-electron chi connectivity index (χ4n) is 0.847. The van der Waals surface area contributed by atoms with Crippen molar-refractivity contribution in [3.05, 3.63) is 29.3 Å². The Labute approximate surface area is 83.1 Å². The van der Waals surface area contributed by atoms with E-state index in [-0.39, 0.29) is 12.5 Å². The van der Waals surface area contributed by atoms with Crippen LogP contribution in [0.15, 0.2) is 24.3 Å². The van der Waals surface area contributed by atoms with Crippen molar-refractivity contribution in [3.63, 3.8) is 0 Å². The predicted octanol–water partition coefficient (Wildman–Crippen LogP) is 2.35. The molecule has 1 unspecified atom stereocenters. The summed E-state index contributed by atoms with van der Waals surface area (Å²) in [4.78, 5) is 0. The summed E-state index contributed by atoms with van der Waals surface area (Å²) < 4.78 is 5.40. The summed E-state index contributed by atoms with van der Waals surface area (Å²) in [6, 6.07) is 7.31. The van der Waals surface area contributed by atoms with E-state index in [1.165, 1.54) is 0 Å². The molecule has 0 amide bonds.